The number of rotatable bonds is 4. The first-order valence-electron chi connectivity index (χ1n) is 3.86. The van der Waals surface area contributed by atoms with Crippen LogP contribution in [0.15, 0.2) is 48.2 Å². The molecule has 12 heavy (non-hydrogen) atoms. The van der Waals surface area contributed by atoms with E-state index in [4.69, 9.17) is 11.5 Å². The molecule has 0 saturated heterocycles. The summed E-state index contributed by atoms with van der Waals surface area (Å²) in [7, 11) is 0. The predicted molar refractivity (Wildman–Crippen MR) is 54.4 cm³/mol. The SMILES string of the molecule is C=C\C=C/C(N)=C(\C=C\C)CN. The Hall–Kier alpha value is -1.28. The van der Waals surface area contributed by atoms with Gasteiger partial charge < -0.3 is 11.5 Å². The fraction of sp³-hybridized carbons (Fsp3) is 0.200. The molecule has 0 atom stereocenters. The average molecular weight is 164 g/mol. The van der Waals surface area contributed by atoms with E-state index >= 15 is 0 Å². The second kappa shape index (κ2) is 6.43. The molecule has 0 aromatic heterocycles. The summed E-state index contributed by atoms with van der Waals surface area (Å²) in [6, 6.07) is 0. The topological polar surface area (TPSA) is 52.0 Å². The number of allylic oxidation sites excluding steroid dienone is 4. The van der Waals surface area contributed by atoms with E-state index in [1.54, 1.807) is 18.2 Å². The van der Waals surface area contributed by atoms with Crippen molar-refractivity contribution >= 4 is 0 Å². The molecule has 0 spiro atoms. The van der Waals surface area contributed by atoms with Crippen LogP contribution in [0.5, 0.6) is 0 Å². The van der Waals surface area contributed by atoms with Crippen LogP contribution in [0.25, 0.3) is 0 Å². The Morgan fingerprint density at radius 2 is 2.08 bits per heavy atom. The molecule has 0 amide bonds. The molecular formula is C10H16N2. The second-order valence-corrected chi connectivity index (χ2v) is 2.28. The van der Waals surface area contributed by atoms with Crippen LogP contribution in [0.4, 0.5) is 0 Å². The van der Waals surface area contributed by atoms with Crippen molar-refractivity contribution in [3.63, 3.8) is 0 Å². The van der Waals surface area contributed by atoms with Crippen molar-refractivity contribution in [2.45, 2.75) is 6.92 Å². The average Bonchev–Trinajstić information content (AvgIpc) is 2.10. The molecule has 0 saturated carbocycles. The second-order valence-electron chi connectivity index (χ2n) is 2.28. The van der Waals surface area contributed by atoms with Gasteiger partial charge in [0.1, 0.15) is 0 Å². The van der Waals surface area contributed by atoms with Crippen molar-refractivity contribution in [3.05, 3.63) is 48.2 Å². The smallest absolute Gasteiger partial charge is 0.0359 e. The molecular weight excluding hydrogens is 148 g/mol. The molecule has 0 aliphatic rings. The van der Waals surface area contributed by atoms with Gasteiger partial charge in [-0.15, -0.1) is 0 Å². The van der Waals surface area contributed by atoms with Gasteiger partial charge in [0.25, 0.3) is 0 Å². The van der Waals surface area contributed by atoms with Crippen LogP contribution in [0, 0.1) is 0 Å². The lowest BCUT2D eigenvalue weighted by molar-refractivity contribution is 1.14. The summed E-state index contributed by atoms with van der Waals surface area (Å²) in [5.41, 5.74) is 12.8. The first-order valence-corrected chi connectivity index (χ1v) is 3.86. The third-order valence-electron chi connectivity index (χ3n) is 1.37. The van der Waals surface area contributed by atoms with Crippen LogP contribution in [0.3, 0.4) is 0 Å². The van der Waals surface area contributed by atoms with E-state index in [0.717, 1.165) is 5.57 Å². The van der Waals surface area contributed by atoms with Crippen LogP contribution in [0.2, 0.25) is 0 Å². The van der Waals surface area contributed by atoms with E-state index in [0.29, 0.717) is 12.2 Å². The molecule has 4 N–H and O–H groups in total. The maximum Gasteiger partial charge on any atom is 0.0359 e. The van der Waals surface area contributed by atoms with Crippen LogP contribution in [-0.4, -0.2) is 6.54 Å². The Kier molecular flexibility index (Phi) is 5.75. The molecule has 0 aliphatic carbocycles. The van der Waals surface area contributed by atoms with Gasteiger partial charge in [-0.05, 0) is 18.6 Å². The monoisotopic (exact) mass is 164 g/mol. The molecule has 0 radical (unpaired) electrons. The third kappa shape index (κ3) is 3.78. The Morgan fingerprint density at radius 1 is 1.42 bits per heavy atom. The Labute approximate surface area is 73.9 Å². The number of hydrogen-bond acceptors (Lipinski definition) is 2. The Morgan fingerprint density at radius 3 is 2.50 bits per heavy atom. The van der Waals surface area contributed by atoms with Gasteiger partial charge in [-0.2, -0.15) is 0 Å². The van der Waals surface area contributed by atoms with Crippen molar-refractivity contribution in [1.29, 1.82) is 0 Å². The molecule has 2 nitrogen and oxygen atoms in total. The van der Waals surface area contributed by atoms with Crippen LogP contribution < -0.4 is 11.5 Å². The van der Waals surface area contributed by atoms with Gasteiger partial charge in [0.2, 0.25) is 0 Å². The van der Waals surface area contributed by atoms with E-state index in [1.165, 1.54) is 0 Å². The summed E-state index contributed by atoms with van der Waals surface area (Å²) in [4.78, 5) is 0. The van der Waals surface area contributed by atoms with Crippen LogP contribution in [-0.2, 0) is 0 Å². The maximum absolute atomic E-state index is 5.71. The van der Waals surface area contributed by atoms with Crippen molar-refractivity contribution < 1.29 is 0 Å². The molecule has 2 heteroatoms. The molecule has 0 aromatic carbocycles. The van der Waals surface area contributed by atoms with Gasteiger partial charge in [-0.3, -0.25) is 0 Å². The van der Waals surface area contributed by atoms with Gasteiger partial charge >= 0.3 is 0 Å². The molecule has 0 aliphatic heterocycles. The van der Waals surface area contributed by atoms with Crippen LogP contribution in [0.1, 0.15) is 6.92 Å². The highest BCUT2D eigenvalue weighted by molar-refractivity contribution is 5.32. The first-order chi connectivity index (χ1) is 5.76. The summed E-state index contributed by atoms with van der Waals surface area (Å²) >= 11 is 0. The van der Waals surface area contributed by atoms with Crippen molar-refractivity contribution in [1.82, 2.24) is 0 Å². The molecule has 0 heterocycles. The summed E-state index contributed by atoms with van der Waals surface area (Å²) in [6.07, 6.45) is 9.07. The standard InChI is InChI=1S/C10H16N2/c1-3-5-7-10(12)9(8-11)6-4-2/h3-7H,1,8,11-12H2,2H3/b6-4+,7-5-,10-9-. The maximum atomic E-state index is 5.71. The first kappa shape index (κ1) is 10.7. The molecule has 0 aromatic rings. The van der Waals surface area contributed by atoms with E-state index in [9.17, 15) is 0 Å². The zero-order valence-corrected chi connectivity index (χ0v) is 7.46. The number of nitrogens with two attached hydrogens (primary N) is 2. The molecule has 0 bridgehead atoms. The van der Waals surface area contributed by atoms with E-state index in [-0.39, 0.29) is 0 Å². The highest BCUT2D eigenvalue weighted by Gasteiger charge is 1.92. The minimum atomic E-state index is 0.456. The molecule has 0 rings (SSSR count). The summed E-state index contributed by atoms with van der Waals surface area (Å²) in [5.74, 6) is 0. The highest BCUT2D eigenvalue weighted by Crippen LogP contribution is 2.00. The van der Waals surface area contributed by atoms with Gasteiger partial charge in [-0.25, -0.2) is 0 Å². The molecule has 66 valence electrons. The largest absolute Gasteiger partial charge is 0.398 e. The van der Waals surface area contributed by atoms with E-state index < -0.39 is 0 Å². The minimum Gasteiger partial charge on any atom is -0.398 e. The predicted octanol–water partition coefficient (Wildman–Crippen LogP) is 1.48. The van der Waals surface area contributed by atoms with Gasteiger partial charge in [0, 0.05) is 12.2 Å². The lowest BCUT2D eigenvalue weighted by atomic mass is 10.2. The lowest BCUT2D eigenvalue weighted by Gasteiger charge is -2.00. The van der Waals surface area contributed by atoms with Gasteiger partial charge in [0.05, 0.1) is 0 Å². The normalized spacial score (nSPS) is 13.8. The van der Waals surface area contributed by atoms with Gasteiger partial charge in [-0.1, -0.05) is 30.9 Å². The van der Waals surface area contributed by atoms with E-state index in [2.05, 4.69) is 6.58 Å². The molecule has 0 fully saturated rings. The summed E-state index contributed by atoms with van der Waals surface area (Å²) in [6.45, 7) is 5.94. The molecule has 0 unspecified atom stereocenters. The van der Waals surface area contributed by atoms with Crippen molar-refractivity contribution in [3.8, 4) is 0 Å². The minimum absolute atomic E-state index is 0.456. The fourth-order valence-corrected chi connectivity index (χ4v) is 0.762. The lowest BCUT2D eigenvalue weighted by Crippen LogP contribution is -2.08. The zero-order chi connectivity index (χ0) is 9.40. The van der Waals surface area contributed by atoms with E-state index in [1.807, 2.05) is 19.1 Å². The van der Waals surface area contributed by atoms with Crippen molar-refractivity contribution in [2.24, 2.45) is 11.5 Å². The number of hydrogen-bond donors (Lipinski definition) is 2. The van der Waals surface area contributed by atoms with Gasteiger partial charge in [0.15, 0.2) is 0 Å². The zero-order valence-electron chi connectivity index (χ0n) is 7.46. The van der Waals surface area contributed by atoms with Crippen molar-refractivity contribution in [2.75, 3.05) is 6.54 Å². The van der Waals surface area contributed by atoms with Crippen LogP contribution >= 0.6 is 0 Å². The Balaban J connectivity index is 4.58. The fourth-order valence-electron chi connectivity index (χ4n) is 0.762. The third-order valence-corrected chi connectivity index (χ3v) is 1.37. The highest BCUT2D eigenvalue weighted by atomic mass is 14.6. The summed E-state index contributed by atoms with van der Waals surface area (Å²) < 4.78 is 0. The Bertz CT molecular complexity index is 222. The summed E-state index contributed by atoms with van der Waals surface area (Å²) in [5, 5.41) is 0. The quantitative estimate of drug-likeness (QED) is 0.618.